The fraction of sp³-hybridized carbons (Fsp3) is 0.500. The Kier molecular flexibility index (Phi) is 8.46. The molecule has 1 aromatic rings. The molecule has 1 radical (unpaired) electrons. The van der Waals surface area contributed by atoms with E-state index in [0.29, 0.717) is 32.4 Å². The molecule has 0 aromatic heterocycles. The van der Waals surface area contributed by atoms with Crippen LogP contribution in [0.25, 0.3) is 0 Å². The zero-order valence-electron chi connectivity index (χ0n) is 22.9. The number of Topliss-reactive ketones (excluding diaryl/α,β-unsaturated/α-hetero) is 1. The van der Waals surface area contributed by atoms with Gasteiger partial charge in [0, 0.05) is 25.2 Å². The highest BCUT2D eigenvalue weighted by Gasteiger charge is 2.51. The molecule has 1 N–H and O–H groups in total. The van der Waals surface area contributed by atoms with Crippen molar-refractivity contribution >= 4 is 28.0 Å². The molecular formula is C28H37N3O7S+. The number of nitrogens with zero attached hydrogens (tertiary/aromatic N) is 2. The van der Waals surface area contributed by atoms with Crippen LogP contribution in [0.2, 0.25) is 0 Å². The summed E-state index contributed by atoms with van der Waals surface area (Å²) < 4.78 is 38.6. The number of piperazine rings is 1. The minimum absolute atomic E-state index is 0.149. The standard InChI is InChI=1S/C28H37N3O7S/c1-20-10-12-23(13-11-20)39(35,36)30-16-6-9-24(30)25(32)21-7-5-8-22(19-21)37-26(33)31(17-14-29-15-18-31)27(34)38-28(2,3)4/h7-8,10-13,19,24,29H,5-6,9,14-18H2,1-4H3/q+1/t24-/m0/s1. The van der Waals surface area contributed by atoms with Gasteiger partial charge < -0.3 is 14.8 Å². The van der Waals surface area contributed by atoms with Gasteiger partial charge in [-0.1, -0.05) is 17.7 Å². The third kappa shape index (κ3) is 6.32. The number of benzene rings is 1. The Morgan fingerprint density at radius 3 is 2.36 bits per heavy atom. The highest BCUT2D eigenvalue weighted by atomic mass is 32.2. The van der Waals surface area contributed by atoms with Crippen LogP contribution in [0, 0.1) is 13.3 Å². The molecule has 1 aliphatic carbocycles. The first kappa shape index (κ1) is 29.1. The first-order valence-corrected chi connectivity index (χ1v) is 14.7. The third-order valence-electron chi connectivity index (χ3n) is 7.01. The number of carbonyl (C=O) groups is 3. The first-order valence-electron chi connectivity index (χ1n) is 13.2. The smallest absolute Gasteiger partial charge is 0.414 e. The quantitative estimate of drug-likeness (QED) is 0.544. The molecule has 2 heterocycles. The zero-order chi connectivity index (χ0) is 28.4. The molecule has 11 heteroatoms. The molecule has 1 atom stereocenters. The molecule has 2 aliphatic heterocycles. The normalized spacial score (nSPS) is 22.0. The monoisotopic (exact) mass is 559 g/mol. The number of allylic oxidation sites excluding steroid dienone is 2. The van der Waals surface area contributed by atoms with E-state index in [-0.39, 0.29) is 41.6 Å². The van der Waals surface area contributed by atoms with E-state index in [0.717, 1.165) is 5.56 Å². The van der Waals surface area contributed by atoms with Crippen molar-refractivity contribution in [3.05, 3.63) is 59.7 Å². The lowest BCUT2D eigenvalue weighted by Gasteiger charge is -2.35. The summed E-state index contributed by atoms with van der Waals surface area (Å²) in [5.41, 5.74) is 0.439. The topological polar surface area (TPSA) is 119 Å². The number of carbonyl (C=O) groups excluding carboxylic acids is 3. The van der Waals surface area contributed by atoms with Crippen LogP contribution >= 0.6 is 0 Å². The van der Waals surface area contributed by atoms with E-state index in [2.05, 4.69) is 5.32 Å². The summed E-state index contributed by atoms with van der Waals surface area (Å²) in [7, 11) is -3.86. The fourth-order valence-electron chi connectivity index (χ4n) is 4.90. The molecule has 1 aromatic carbocycles. The number of sulfonamides is 1. The second-order valence-corrected chi connectivity index (χ2v) is 13.0. The van der Waals surface area contributed by atoms with E-state index in [1.54, 1.807) is 57.5 Å². The molecule has 211 valence electrons. The number of hydrogen-bond acceptors (Lipinski definition) is 8. The van der Waals surface area contributed by atoms with Gasteiger partial charge in [-0.25, -0.2) is 8.42 Å². The Morgan fingerprint density at radius 1 is 1.05 bits per heavy atom. The average Bonchev–Trinajstić information content (AvgIpc) is 3.39. The van der Waals surface area contributed by atoms with Gasteiger partial charge in [-0.3, -0.25) is 4.79 Å². The van der Waals surface area contributed by atoms with Crippen molar-refractivity contribution in [2.75, 3.05) is 32.7 Å². The SMILES string of the molecule is Cc1ccc(S(=O)(=O)N2CCC[C@H]2C(=O)C2=CC(OC(=O)[N+]3(C(=O)OC(C)(C)C)CCNCC3)=CC[CH]2)cc1. The molecule has 10 nitrogen and oxygen atoms in total. The van der Waals surface area contributed by atoms with Crippen LogP contribution in [0.5, 0.6) is 0 Å². The zero-order valence-corrected chi connectivity index (χ0v) is 23.8. The number of rotatable bonds is 5. The summed E-state index contributed by atoms with van der Waals surface area (Å²) in [4.78, 5) is 40.2. The minimum atomic E-state index is -3.86. The Balaban J connectivity index is 1.52. The average molecular weight is 560 g/mol. The summed E-state index contributed by atoms with van der Waals surface area (Å²) in [6, 6.07) is 5.72. The van der Waals surface area contributed by atoms with Crippen molar-refractivity contribution in [2.24, 2.45) is 0 Å². The van der Waals surface area contributed by atoms with Gasteiger partial charge in [-0.2, -0.15) is 13.9 Å². The maximum atomic E-state index is 13.5. The molecular weight excluding hydrogens is 522 g/mol. The van der Waals surface area contributed by atoms with Gasteiger partial charge in [0.05, 0.1) is 10.9 Å². The molecule has 4 rings (SSSR count). The first-order chi connectivity index (χ1) is 18.3. The fourth-order valence-corrected chi connectivity index (χ4v) is 6.55. The van der Waals surface area contributed by atoms with Crippen LogP contribution in [0.3, 0.4) is 0 Å². The van der Waals surface area contributed by atoms with Crippen LogP contribution in [0.4, 0.5) is 9.59 Å². The summed E-state index contributed by atoms with van der Waals surface area (Å²) in [6.07, 6.45) is 4.63. The highest BCUT2D eigenvalue weighted by molar-refractivity contribution is 7.89. The maximum absolute atomic E-state index is 13.5. The third-order valence-corrected chi connectivity index (χ3v) is 8.93. The van der Waals surface area contributed by atoms with Crippen molar-refractivity contribution < 1.29 is 36.8 Å². The Bertz CT molecular complexity index is 1290. The number of ketones is 1. The Morgan fingerprint density at radius 2 is 1.72 bits per heavy atom. The molecule has 2 amide bonds. The van der Waals surface area contributed by atoms with Crippen molar-refractivity contribution in [3.8, 4) is 0 Å². The van der Waals surface area contributed by atoms with Gasteiger partial charge in [-0.15, -0.1) is 4.48 Å². The molecule has 2 fully saturated rings. The van der Waals surface area contributed by atoms with Crippen molar-refractivity contribution in [1.29, 1.82) is 0 Å². The van der Waals surface area contributed by atoms with E-state index in [1.165, 1.54) is 10.4 Å². The van der Waals surface area contributed by atoms with Gasteiger partial charge in [0.1, 0.15) is 24.4 Å². The van der Waals surface area contributed by atoms with Crippen LogP contribution in [-0.2, 0) is 24.3 Å². The predicted molar refractivity (Wildman–Crippen MR) is 144 cm³/mol. The second-order valence-electron chi connectivity index (χ2n) is 11.1. The number of imide groups is 1. The maximum Gasteiger partial charge on any atom is 0.532 e. The minimum Gasteiger partial charge on any atom is -0.414 e. The van der Waals surface area contributed by atoms with Crippen LogP contribution in [-0.4, -0.2) is 79.5 Å². The number of ether oxygens (including phenoxy) is 2. The largest absolute Gasteiger partial charge is 0.532 e. The summed E-state index contributed by atoms with van der Waals surface area (Å²) in [5, 5.41) is 3.14. The number of aryl methyl sites for hydroxylation is 1. The number of nitrogens with one attached hydrogen (secondary N) is 1. The predicted octanol–water partition coefficient (Wildman–Crippen LogP) is 3.63. The van der Waals surface area contributed by atoms with E-state index >= 15 is 0 Å². The lowest BCUT2D eigenvalue weighted by molar-refractivity contribution is -0.788. The summed E-state index contributed by atoms with van der Waals surface area (Å²) in [5.74, 6) is -0.195. The molecule has 0 spiro atoms. The molecule has 39 heavy (non-hydrogen) atoms. The van der Waals surface area contributed by atoms with E-state index in [9.17, 15) is 22.8 Å². The number of amides is 2. The lowest BCUT2D eigenvalue weighted by Crippen LogP contribution is -2.65. The molecule has 0 unspecified atom stereocenters. The van der Waals surface area contributed by atoms with Gasteiger partial charge in [0.15, 0.2) is 5.78 Å². The molecule has 3 aliphatic rings. The number of hydrogen-bond donors (Lipinski definition) is 1. The Labute approximate surface area is 230 Å². The highest BCUT2D eigenvalue weighted by Crippen LogP contribution is 2.31. The van der Waals surface area contributed by atoms with E-state index in [1.807, 2.05) is 6.92 Å². The molecule has 0 saturated carbocycles. The van der Waals surface area contributed by atoms with Gasteiger partial charge in [0.2, 0.25) is 10.0 Å². The van der Waals surface area contributed by atoms with Crippen LogP contribution < -0.4 is 5.32 Å². The lowest BCUT2D eigenvalue weighted by atomic mass is 9.95. The van der Waals surface area contributed by atoms with Crippen molar-refractivity contribution in [2.45, 2.75) is 63.5 Å². The van der Waals surface area contributed by atoms with Gasteiger partial charge in [0.25, 0.3) is 0 Å². The summed E-state index contributed by atoms with van der Waals surface area (Å²) in [6.45, 7) is 8.57. The summed E-state index contributed by atoms with van der Waals surface area (Å²) >= 11 is 0. The van der Waals surface area contributed by atoms with E-state index in [4.69, 9.17) is 9.47 Å². The van der Waals surface area contributed by atoms with Gasteiger partial charge >= 0.3 is 12.2 Å². The Hall–Kier alpha value is -2.86. The molecule has 0 bridgehead atoms. The van der Waals surface area contributed by atoms with Crippen molar-refractivity contribution in [3.63, 3.8) is 0 Å². The molecule has 2 saturated heterocycles. The van der Waals surface area contributed by atoms with Crippen LogP contribution in [0.15, 0.2) is 52.6 Å². The number of quaternary nitrogens is 1. The van der Waals surface area contributed by atoms with Crippen molar-refractivity contribution in [1.82, 2.24) is 9.62 Å². The second kappa shape index (κ2) is 11.3. The van der Waals surface area contributed by atoms with Gasteiger partial charge in [-0.05, 0) is 77.7 Å². The van der Waals surface area contributed by atoms with Crippen LogP contribution in [0.1, 0.15) is 45.6 Å². The van der Waals surface area contributed by atoms with E-state index < -0.39 is 38.3 Å².